The molecule has 0 radical (unpaired) electrons. The van der Waals surface area contributed by atoms with Crippen LogP contribution in [-0.2, 0) is 0 Å². The van der Waals surface area contributed by atoms with Gasteiger partial charge < -0.3 is 0 Å². The van der Waals surface area contributed by atoms with Gasteiger partial charge in [-0.2, -0.15) is 0 Å². The molecule has 0 saturated heterocycles. The average Bonchev–Trinajstić information content (AvgIpc) is 2.48. The van der Waals surface area contributed by atoms with Gasteiger partial charge in [0.25, 0.3) is 0 Å². The van der Waals surface area contributed by atoms with Crippen LogP contribution >= 0.6 is 0 Å². The van der Waals surface area contributed by atoms with E-state index in [2.05, 4.69) is 19.9 Å². The lowest BCUT2D eigenvalue weighted by atomic mass is 10.0. The molecule has 11 heavy (non-hydrogen) atoms. The van der Waals surface area contributed by atoms with Crippen molar-refractivity contribution in [1.82, 2.24) is 0 Å². The Hall–Kier alpha value is -0.260. The van der Waals surface area contributed by atoms with Crippen LogP contribution in [0.5, 0.6) is 0 Å². The van der Waals surface area contributed by atoms with Gasteiger partial charge in [-0.3, -0.25) is 0 Å². The molecule has 0 aromatic rings. The number of hydrogen-bond donors (Lipinski definition) is 0. The molecule has 0 bridgehead atoms. The van der Waals surface area contributed by atoms with E-state index in [9.17, 15) is 0 Å². The second-order valence-corrected chi connectivity index (χ2v) is 3.62. The minimum Gasteiger partial charge on any atom is -0.0822 e. The zero-order chi connectivity index (χ0) is 8.10. The van der Waals surface area contributed by atoms with Crippen molar-refractivity contribution >= 4 is 0 Å². The van der Waals surface area contributed by atoms with E-state index >= 15 is 0 Å². The first-order valence-electron chi connectivity index (χ1n) is 5.06. The molecule has 0 amide bonds. The van der Waals surface area contributed by atoms with Crippen molar-refractivity contribution in [2.45, 2.75) is 52.4 Å². The highest BCUT2D eigenvalue weighted by atomic mass is 14.2. The molecule has 0 aliphatic heterocycles. The van der Waals surface area contributed by atoms with Gasteiger partial charge in [-0.25, -0.2) is 0 Å². The Morgan fingerprint density at radius 3 is 2.82 bits per heavy atom. The minimum atomic E-state index is 0.935. The van der Waals surface area contributed by atoms with Gasteiger partial charge in [0.1, 0.15) is 0 Å². The Bertz CT molecular complexity index is 133. The van der Waals surface area contributed by atoms with Gasteiger partial charge in [-0.05, 0) is 31.6 Å². The van der Waals surface area contributed by atoms with Crippen LogP contribution in [0, 0.1) is 5.92 Å². The van der Waals surface area contributed by atoms with Crippen LogP contribution in [0.2, 0.25) is 0 Å². The van der Waals surface area contributed by atoms with Crippen LogP contribution < -0.4 is 0 Å². The molecule has 64 valence electrons. The Labute approximate surface area is 70.7 Å². The number of rotatable bonds is 4. The average molecular weight is 152 g/mol. The molecule has 0 heterocycles. The largest absolute Gasteiger partial charge is 0.0822 e. The smallest absolute Gasteiger partial charge is 0.0228 e. The molecule has 1 aliphatic rings. The summed E-state index contributed by atoms with van der Waals surface area (Å²) in [6.45, 7) is 4.55. The summed E-state index contributed by atoms with van der Waals surface area (Å²) in [6, 6.07) is 0. The molecule has 0 aromatic carbocycles. The van der Waals surface area contributed by atoms with E-state index in [0.29, 0.717) is 0 Å². The van der Waals surface area contributed by atoms with Gasteiger partial charge in [0.15, 0.2) is 0 Å². The zero-order valence-corrected chi connectivity index (χ0v) is 7.90. The molecule has 0 N–H and O–H groups in total. The maximum Gasteiger partial charge on any atom is -0.0228 e. The second-order valence-electron chi connectivity index (χ2n) is 3.62. The molecule has 1 unspecified atom stereocenters. The molecule has 1 aliphatic carbocycles. The fourth-order valence-electron chi connectivity index (χ4n) is 1.86. The van der Waals surface area contributed by atoms with Crippen LogP contribution in [0.1, 0.15) is 52.4 Å². The van der Waals surface area contributed by atoms with Crippen molar-refractivity contribution in [3.05, 3.63) is 11.6 Å². The SMILES string of the molecule is CCCCC1C=C(CC)CC1. The van der Waals surface area contributed by atoms with Gasteiger partial charge in [0, 0.05) is 0 Å². The van der Waals surface area contributed by atoms with Crippen LogP contribution in [0.3, 0.4) is 0 Å². The van der Waals surface area contributed by atoms with Crippen LogP contribution in [-0.4, -0.2) is 0 Å². The predicted molar refractivity (Wildman–Crippen MR) is 50.6 cm³/mol. The van der Waals surface area contributed by atoms with Crippen molar-refractivity contribution in [2.75, 3.05) is 0 Å². The highest BCUT2D eigenvalue weighted by Gasteiger charge is 2.13. The number of hydrogen-bond acceptors (Lipinski definition) is 0. The van der Waals surface area contributed by atoms with E-state index in [0.717, 1.165) is 5.92 Å². The summed E-state index contributed by atoms with van der Waals surface area (Å²) in [4.78, 5) is 0. The molecule has 0 spiro atoms. The van der Waals surface area contributed by atoms with Gasteiger partial charge >= 0.3 is 0 Å². The van der Waals surface area contributed by atoms with Crippen molar-refractivity contribution in [2.24, 2.45) is 5.92 Å². The molecule has 1 rings (SSSR count). The maximum atomic E-state index is 2.52. The van der Waals surface area contributed by atoms with Gasteiger partial charge in [0.05, 0.1) is 0 Å². The number of allylic oxidation sites excluding steroid dienone is 2. The lowest BCUT2D eigenvalue weighted by Gasteiger charge is -2.03. The summed E-state index contributed by atoms with van der Waals surface area (Å²) in [5.41, 5.74) is 1.70. The molecule has 0 fully saturated rings. The van der Waals surface area contributed by atoms with Gasteiger partial charge in [-0.15, -0.1) is 0 Å². The predicted octanol–water partition coefficient (Wildman–Crippen LogP) is 3.92. The summed E-state index contributed by atoms with van der Waals surface area (Å²) in [5, 5.41) is 0. The fourth-order valence-corrected chi connectivity index (χ4v) is 1.86. The summed E-state index contributed by atoms with van der Waals surface area (Å²) >= 11 is 0. The molecule has 0 heteroatoms. The first kappa shape index (κ1) is 8.83. The Morgan fingerprint density at radius 2 is 2.27 bits per heavy atom. The topological polar surface area (TPSA) is 0 Å². The minimum absolute atomic E-state index is 0.935. The highest BCUT2D eigenvalue weighted by molar-refractivity contribution is 5.10. The Kier molecular flexibility index (Phi) is 3.68. The quantitative estimate of drug-likeness (QED) is 0.535. The van der Waals surface area contributed by atoms with E-state index < -0.39 is 0 Å². The molecule has 0 aromatic heterocycles. The lowest BCUT2D eigenvalue weighted by Crippen LogP contribution is -1.89. The summed E-state index contributed by atoms with van der Waals surface area (Å²) in [7, 11) is 0. The summed E-state index contributed by atoms with van der Waals surface area (Å²) in [5.74, 6) is 0.935. The van der Waals surface area contributed by atoms with Crippen LogP contribution in [0.4, 0.5) is 0 Å². The third-order valence-electron chi connectivity index (χ3n) is 2.69. The van der Waals surface area contributed by atoms with Crippen molar-refractivity contribution in [3.63, 3.8) is 0 Å². The van der Waals surface area contributed by atoms with Crippen LogP contribution in [0.25, 0.3) is 0 Å². The lowest BCUT2D eigenvalue weighted by molar-refractivity contribution is 0.545. The molecular weight excluding hydrogens is 132 g/mol. The zero-order valence-electron chi connectivity index (χ0n) is 7.90. The van der Waals surface area contributed by atoms with E-state index in [1.807, 2.05) is 0 Å². The summed E-state index contributed by atoms with van der Waals surface area (Å²) in [6.07, 6.45) is 10.8. The Morgan fingerprint density at radius 1 is 1.45 bits per heavy atom. The Balaban J connectivity index is 2.22. The van der Waals surface area contributed by atoms with Gasteiger partial charge in [-0.1, -0.05) is 38.3 Å². The molecule has 0 saturated carbocycles. The first-order chi connectivity index (χ1) is 5.36. The first-order valence-corrected chi connectivity index (χ1v) is 5.06. The fraction of sp³-hybridized carbons (Fsp3) is 0.818. The highest BCUT2D eigenvalue weighted by Crippen LogP contribution is 2.29. The van der Waals surface area contributed by atoms with Crippen molar-refractivity contribution < 1.29 is 0 Å². The van der Waals surface area contributed by atoms with Gasteiger partial charge in [0.2, 0.25) is 0 Å². The third kappa shape index (κ3) is 2.69. The molecule has 0 nitrogen and oxygen atoms in total. The van der Waals surface area contributed by atoms with Crippen molar-refractivity contribution in [3.8, 4) is 0 Å². The van der Waals surface area contributed by atoms with Crippen molar-refractivity contribution in [1.29, 1.82) is 0 Å². The molecular formula is C11H20. The van der Waals surface area contributed by atoms with E-state index in [1.165, 1.54) is 38.5 Å². The maximum absolute atomic E-state index is 2.52. The number of unbranched alkanes of at least 4 members (excludes halogenated alkanes) is 1. The normalized spacial score (nSPS) is 23.8. The second kappa shape index (κ2) is 4.58. The third-order valence-corrected chi connectivity index (χ3v) is 2.69. The van der Waals surface area contributed by atoms with E-state index in [-0.39, 0.29) is 0 Å². The summed E-state index contributed by atoms with van der Waals surface area (Å²) < 4.78 is 0. The van der Waals surface area contributed by atoms with Crippen LogP contribution in [0.15, 0.2) is 11.6 Å². The monoisotopic (exact) mass is 152 g/mol. The van der Waals surface area contributed by atoms with E-state index in [4.69, 9.17) is 0 Å². The van der Waals surface area contributed by atoms with E-state index in [1.54, 1.807) is 5.57 Å². The standard InChI is InChI=1S/C11H20/c1-3-5-6-11-8-7-10(4-2)9-11/h9,11H,3-8H2,1-2H3. The molecule has 1 atom stereocenters.